The molecule has 0 spiro atoms. The van der Waals surface area contributed by atoms with Gasteiger partial charge in [-0.2, -0.15) is 0 Å². The van der Waals surface area contributed by atoms with E-state index < -0.39 is 6.36 Å². The van der Waals surface area contributed by atoms with E-state index in [1.165, 1.54) is 24.5 Å². The maximum atomic E-state index is 12.1. The third-order valence-corrected chi connectivity index (χ3v) is 3.07. The SMILES string of the molecule is NCc1coc(COc2ccc(OC(F)(F)F)c(Br)c2)c1. The van der Waals surface area contributed by atoms with Crippen LogP contribution in [-0.2, 0) is 13.2 Å². The smallest absolute Gasteiger partial charge is 0.486 e. The van der Waals surface area contributed by atoms with Crippen molar-refractivity contribution in [2.75, 3.05) is 0 Å². The van der Waals surface area contributed by atoms with Crippen LogP contribution >= 0.6 is 15.9 Å². The number of halogens is 4. The van der Waals surface area contributed by atoms with E-state index >= 15 is 0 Å². The first-order valence-electron chi connectivity index (χ1n) is 5.82. The van der Waals surface area contributed by atoms with Gasteiger partial charge in [-0.3, -0.25) is 0 Å². The Morgan fingerprint density at radius 2 is 2.00 bits per heavy atom. The van der Waals surface area contributed by atoms with Gasteiger partial charge in [0.05, 0.1) is 10.7 Å². The number of alkyl halides is 3. The molecule has 0 atom stereocenters. The highest BCUT2D eigenvalue weighted by Gasteiger charge is 2.31. The first-order valence-corrected chi connectivity index (χ1v) is 6.61. The van der Waals surface area contributed by atoms with Gasteiger partial charge < -0.3 is 19.6 Å². The summed E-state index contributed by atoms with van der Waals surface area (Å²) < 4.78 is 51.0. The summed E-state index contributed by atoms with van der Waals surface area (Å²) in [5.74, 6) is 0.613. The van der Waals surface area contributed by atoms with Crippen molar-refractivity contribution >= 4 is 15.9 Å². The van der Waals surface area contributed by atoms with Crippen LogP contribution in [0, 0.1) is 0 Å². The van der Waals surface area contributed by atoms with Crippen LogP contribution in [0.4, 0.5) is 13.2 Å². The van der Waals surface area contributed by atoms with E-state index in [0.717, 1.165) is 5.56 Å². The highest BCUT2D eigenvalue weighted by molar-refractivity contribution is 9.10. The molecule has 0 aliphatic carbocycles. The van der Waals surface area contributed by atoms with Gasteiger partial charge in [-0.15, -0.1) is 13.2 Å². The molecule has 0 aliphatic heterocycles. The van der Waals surface area contributed by atoms with Crippen LogP contribution in [0.5, 0.6) is 11.5 Å². The van der Waals surface area contributed by atoms with Gasteiger partial charge in [0.1, 0.15) is 23.9 Å². The van der Waals surface area contributed by atoms with Crippen LogP contribution in [0.3, 0.4) is 0 Å². The van der Waals surface area contributed by atoms with E-state index in [0.29, 0.717) is 18.1 Å². The zero-order valence-corrected chi connectivity index (χ0v) is 12.2. The van der Waals surface area contributed by atoms with Gasteiger partial charge in [0.15, 0.2) is 0 Å². The van der Waals surface area contributed by atoms with Crippen LogP contribution in [0.25, 0.3) is 0 Å². The number of furan rings is 1. The van der Waals surface area contributed by atoms with Crippen molar-refractivity contribution in [3.63, 3.8) is 0 Å². The molecule has 0 bridgehead atoms. The average Bonchev–Trinajstić information content (AvgIpc) is 2.86. The zero-order valence-electron chi connectivity index (χ0n) is 10.6. The molecular formula is C13H11BrF3NO3. The molecule has 2 N–H and O–H groups in total. The van der Waals surface area contributed by atoms with Gasteiger partial charge in [0.2, 0.25) is 0 Å². The normalized spacial score (nSPS) is 11.5. The lowest BCUT2D eigenvalue weighted by Gasteiger charge is -2.11. The van der Waals surface area contributed by atoms with Crippen molar-refractivity contribution in [1.82, 2.24) is 0 Å². The maximum Gasteiger partial charge on any atom is 0.573 e. The van der Waals surface area contributed by atoms with E-state index in [-0.39, 0.29) is 16.8 Å². The lowest BCUT2D eigenvalue weighted by atomic mass is 10.3. The number of nitrogens with two attached hydrogens (primary N) is 1. The fourth-order valence-electron chi connectivity index (χ4n) is 1.54. The molecule has 1 aromatic carbocycles. The Bertz CT molecular complexity index is 613. The van der Waals surface area contributed by atoms with E-state index in [1.54, 1.807) is 6.07 Å². The molecule has 2 rings (SSSR count). The highest BCUT2D eigenvalue weighted by Crippen LogP contribution is 2.33. The second kappa shape index (κ2) is 6.40. The van der Waals surface area contributed by atoms with E-state index in [4.69, 9.17) is 14.9 Å². The molecule has 8 heteroatoms. The van der Waals surface area contributed by atoms with Crippen molar-refractivity contribution in [3.05, 3.63) is 46.3 Å². The predicted molar refractivity (Wildman–Crippen MR) is 71.8 cm³/mol. The molecule has 0 fully saturated rings. The van der Waals surface area contributed by atoms with Crippen LogP contribution in [0.2, 0.25) is 0 Å². The summed E-state index contributed by atoms with van der Waals surface area (Å²) in [5, 5.41) is 0. The summed E-state index contributed by atoms with van der Waals surface area (Å²) in [7, 11) is 0. The molecule has 0 saturated heterocycles. The van der Waals surface area contributed by atoms with Crippen molar-refractivity contribution in [2.45, 2.75) is 19.5 Å². The number of rotatable bonds is 5. The van der Waals surface area contributed by atoms with E-state index in [2.05, 4.69) is 20.7 Å². The van der Waals surface area contributed by atoms with Gasteiger partial charge in [-0.1, -0.05) is 0 Å². The Balaban J connectivity index is 1.99. The molecule has 1 heterocycles. The number of ether oxygens (including phenoxy) is 2. The van der Waals surface area contributed by atoms with Crippen molar-refractivity contribution in [3.8, 4) is 11.5 Å². The predicted octanol–water partition coefficient (Wildman–Crippen LogP) is 3.98. The quantitative estimate of drug-likeness (QED) is 0.870. The van der Waals surface area contributed by atoms with Gasteiger partial charge in [-0.25, -0.2) is 0 Å². The molecule has 0 amide bonds. The van der Waals surface area contributed by atoms with Gasteiger partial charge in [0.25, 0.3) is 0 Å². The molecular weight excluding hydrogens is 355 g/mol. The summed E-state index contributed by atoms with van der Waals surface area (Å²) in [5.41, 5.74) is 6.28. The average molecular weight is 366 g/mol. The van der Waals surface area contributed by atoms with Gasteiger partial charge >= 0.3 is 6.36 Å². The first-order chi connectivity index (χ1) is 9.87. The fraction of sp³-hybridized carbons (Fsp3) is 0.231. The second-order valence-electron chi connectivity index (χ2n) is 4.05. The monoisotopic (exact) mass is 365 g/mol. The molecule has 1 aromatic heterocycles. The minimum Gasteiger partial charge on any atom is -0.486 e. The summed E-state index contributed by atoms with van der Waals surface area (Å²) >= 11 is 3.00. The summed E-state index contributed by atoms with van der Waals surface area (Å²) in [6, 6.07) is 5.67. The Morgan fingerprint density at radius 1 is 1.24 bits per heavy atom. The molecule has 0 unspecified atom stereocenters. The molecule has 4 nitrogen and oxygen atoms in total. The highest BCUT2D eigenvalue weighted by atomic mass is 79.9. The van der Waals surface area contributed by atoms with Gasteiger partial charge in [0, 0.05) is 12.1 Å². The minimum atomic E-state index is -4.74. The Morgan fingerprint density at radius 3 is 2.57 bits per heavy atom. The fourth-order valence-corrected chi connectivity index (χ4v) is 1.98. The van der Waals surface area contributed by atoms with Crippen molar-refractivity contribution < 1.29 is 27.1 Å². The van der Waals surface area contributed by atoms with Crippen LogP contribution in [0.1, 0.15) is 11.3 Å². The van der Waals surface area contributed by atoms with Crippen molar-refractivity contribution in [2.24, 2.45) is 5.73 Å². The topological polar surface area (TPSA) is 57.6 Å². The van der Waals surface area contributed by atoms with Gasteiger partial charge in [-0.05, 0) is 40.2 Å². The molecule has 0 saturated carbocycles. The van der Waals surface area contributed by atoms with E-state index in [1.807, 2.05) is 0 Å². The van der Waals surface area contributed by atoms with E-state index in [9.17, 15) is 13.2 Å². The molecule has 114 valence electrons. The van der Waals surface area contributed by atoms with Crippen LogP contribution in [-0.4, -0.2) is 6.36 Å². The second-order valence-corrected chi connectivity index (χ2v) is 4.91. The number of benzene rings is 1. The largest absolute Gasteiger partial charge is 0.573 e. The summed E-state index contributed by atoms with van der Waals surface area (Å²) in [6.07, 6.45) is -3.22. The number of hydrogen-bond donors (Lipinski definition) is 1. The lowest BCUT2D eigenvalue weighted by Crippen LogP contribution is -2.17. The molecule has 0 radical (unpaired) electrons. The molecule has 0 aliphatic rings. The Kier molecular flexibility index (Phi) is 4.79. The molecule has 21 heavy (non-hydrogen) atoms. The van der Waals surface area contributed by atoms with Crippen LogP contribution in [0.15, 0.2) is 39.4 Å². The zero-order chi connectivity index (χ0) is 15.5. The standard InChI is InChI=1S/C13H11BrF3NO3/c14-11-4-9(1-2-12(11)21-13(15,16)17)20-7-10-3-8(5-18)6-19-10/h1-4,6H,5,7,18H2. The minimum absolute atomic E-state index is 0.138. The summed E-state index contributed by atoms with van der Waals surface area (Å²) in [4.78, 5) is 0. The van der Waals surface area contributed by atoms with Crippen molar-refractivity contribution in [1.29, 1.82) is 0 Å². The lowest BCUT2D eigenvalue weighted by molar-refractivity contribution is -0.274. The maximum absolute atomic E-state index is 12.1. The summed E-state index contributed by atoms with van der Waals surface area (Å²) in [6.45, 7) is 0.504. The molecule has 2 aromatic rings. The first kappa shape index (κ1) is 15.7. The third-order valence-electron chi connectivity index (χ3n) is 2.45. The number of hydrogen-bond acceptors (Lipinski definition) is 4. The third kappa shape index (κ3) is 4.68. The van der Waals surface area contributed by atoms with Crippen LogP contribution < -0.4 is 15.2 Å². The Labute approximate surface area is 126 Å². The Hall–Kier alpha value is -1.67.